The second-order valence-electron chi connectivity index (χ2n) is 3.39. The third-order valence-corrected chi connectivity index (χ3v) is 2.23. The molecule has 0 unspecified atom stereocenters. The van der Waals surface area contributed by atoms with Gasteiger partial charge < -0.3 is 15.5 Å². The minimum Gasteiger partial charge on any atom is -0.464 e. The molecule has 1 heterocycles. The Morgan fingerprint density at radius 2 is 2.00 bits per heavy atom. The van der Waals surface area contributed by atoms with Gasteiger partial charge in [-0.1, -0.05) is 24.3 Å². The predicted octanol–water partition coefficient (Wildman–Crippen LogP) is 2.11. The van der Waals surface area contributed by atoms with Crippen molar-refractivity contribution in [2.45, 2.75) is 6.54 Å². The number of nitrogens with two attached hydrogens (primary N) is 1. The van der Waals surface area contributed by atoms with Gasteiger partial charge in [0.1, 0.15) is 5.76 Å². The quantitative estimate of drug-likeness (QED) is 0.825. The summed E-state index contributed by atoms with van der Waals surface area (Å²) in [4.78, 5) is 10.5. The fourth-order valence-corrected chi connectivity index (χ4v) is 1.42. The SMILES string of the molecule is NC(=O)NCc1ccc(-c2ccco2)cc1. The Kier molecular flexibility index (Phi) is 2.91. The number of rotatable bonds is 3. The molecule has 16 heavy (non-hydrogen) atoms. The fraction of sp³-hybridized carbons (Fsp3) is 0.0833. The molecule has 1 aromatic carbocycles. The molecule has 0 aliphatic rings. The number of amides is 2. The molecular weight excluding hydrogens is 204 g/mol. The number of nitrogens with one attached hydrogen (secondary N) is 1. The Labute approximate surface area is 93.1 Å². The molecule has 0 radical (unpaired) electrons. The average molecular weight is 216 g/mol. The van der Waals surface area contributed by atoms with Gasteiger partial charge >= 0.3 is 6.03 Å². The highest BCUT2D eigenvalue weighted by atomic mass is 16.3. The number of furan rings is 1. The molecular formula is C12H12N2O2. The number of benzene rings is 1. The summed E-state index contributed by atoms with van der Waals surface area (Å²) in [7, 11) is 0. The lowest BCUT2D eigenvalue weighted by molar-refractivity contribution is 0.248. The Balaban J connectivity index is 2.08. The molecule has 0 bridgehead atoms. The van der Waals surface area contributed by atoms with Crippen LogP contribution in [0.15, 0.2) is 47.1 Å². The van der Waals surface area contributed by atoms with Crippen LogP contribution in [0.5, 0.6) is 0 Å². The van der Waals surface area contributed by atoms with Crippen molar-refractivity contribution in [2.75, 3.05) is 0 Å². The van der Waals surface area contributed by atoms with E-state index in [2.05, 4.69) is 5.32 Å². The smallest absolute Gasteiger partial charge is 0.312 e. The molecule has 0 spiro atoms. The van der Waals surface area contributed by atoms with Crippen LogP contribution >= 0.6 is 0 Å². The lowest BCUT2D eigenvalue weighted by Crippen LogP contribution is -2.28. The van der Waals surface area contributed by atoms with Crippen LogP contribution in [-0.4, -0.2) is 6.03 Å². The van der Waals surface area contributed by atoms with Crippen LogP contribution < -0.4 is 11.1 Å². The lowest BCUT2D eigenvalue weighted by atomic mass is 10.1. The first-order valence-electron chi connectivity index (χ1n) is 4.92. The van der Waals surface area contributed by atoms with Crippen molar-refractivity contribution in [1.82, 2.24) is 5.32 Å². The molecule has 2 rings (SSSR count). The standard InChI is InChI=1S/C12H12N2O2/c13-12(15)14-8-9-3-5-10(6-4-9)11-2-1-7-16-11/h1-7H,8H2,(H3,13,14,15). The van der Waals surface area contributed by atoms with Crippen molar-refractivity contribution in [3.8, 4) is 11.3 Å². The van der Waals surface area contributed by atoms with E-state index in [0.29, 0.717) is 6.54 Å². The van der Waals surface area contributed by atoms with Crippen molar-refractivity contribution in [3.63, 3.8) is 0 Å². The van der Waals surface area contributed by atoms with Crippen molar-refractivity contribution in [3.05, 3.63) is 48.2 Å². The maximum atomic E-state index is 10.5. The van der Waals surface area contributed by atoms with E-state index in [9.17, 15) is 4.79 Å². The summed E-state index contributed by atoms with van der Waals surface area (Å²) in [6.07, 6.45) is 1.64. The summed E-state index contributed by atoms with van der Waals surface area (Å²) in [5.74, 6) is 0.828. The molecule has 0 aliphatic carbocycles. The Hall–Kier alpha value is -2.23. The summed E-state index contributed by atoms with van der Waals surface area (Å²) in [6.45, 7) is 0.438. The zero-order valence-corrected chi connectivity index (χ0v) is 8.64. The number of hydrogen-bond donors (Lipinski definition) is 2. The molecule has 0 atom stereocenters. The van der Waals surface area contributed by atoms with Crippen LogP contribution in [0, 0.1) is 0 Å². The molecule has 4 heteroatoms. The molecule has 4 nitrogen and oxygen atoms in total. The van der Waals surface area contributed by atoms with Gasteiger partial charge in [-0.3, -0.25) is 0 Å². The number of carbonyl (C=O) groups is 1. The van der Waals surface area contributed by atoms with Gasteiger partial charge in [-0.2, -0.15) is 0 Å². The lowest BCUT2D eigenvalue weighted by Gasteiger charge is -2.03. The molecule has 3 N–H and O–H groups in total. The van der Waals surface area contributed by atoms with Gasteiger partial charge in [-0.05, 0) is 17.7 Å². The fourth-order valence-electron chi connectivity index (χ4n) is 1.42. The van der Waals surface area contributed by atoms with Crippen LogP contribution in [0.4, 0.5) is 4.79 Å². The predicted molar refractivity (Wildman–Crippen MR) is 60.6 cm³/mol. The molecule has 2 amide bonds. The Bertz CT molecular complexity index is 460. The number of urea groups is 1. The van der Waals surface area contributed by atoms with Gasteiger partial charge in [0.25, 0.3) is 0 Å². The van der Waals surface area contributed by atoms with E-state index in [1.54, 1.807) is 6.26 Å². The first kappa shape index (κ1) is 10.3. The maximum absolute atomic E-state index is 10.5. The van der Waals surface area contributed by atoms with Crippen molar-refractivity contribution >= 4 is 6.03 Å². The largest absolute Gasteiger partial charge is 0.464 e. The van der Waals surface area contributed by atoms with Gasteiger partial charge in [0.05, 0.1) is 6.26 Å². The van der Waals surface area contributed by atoms with Gasteiger partial charge in [0, 0.05) is 12.1 Å². The van der Waals surface area contributed by atoms with E-state index < -0.39 is 6.03 Å². The van der Waals surface area contributed by atoms with Gasteiger partial charge in [0.15, 0.2) is 0 Å². The second-order valence-corrected chi connectivity index (χ2v) is 3.39. The second kappa shape index (κ2) is 4.53. The summed E-state index contributed by atoms with van der Waals surface area (Å²) in [5.41, 5.74) is 6.98. The van der Waals surface area contributed by atoms with Crippen LogP contribution in [0.2, 0.25) is 0 Å². The molecule has 82 valence electrons. The van der Waals surface area contributed by atoms with Gasteiger partial charge in [-0.25, -0.2) is 4.79 Å². The summed E-state index contributed by atoms with van der Waals surface area (Å²) in [5, 5.41) is 2.53. The van der Waals surface area contributed by atoms with Crippen LogP contribution in [0.3, 0.4) is 0 Å². The number of primary amides is 1. The topological polar surface area (TPSA) is 68.3 Å². The van der Waals surface area contributed by atoms with Crippen LogP contribution in [0.25, 0.3) is 11.3 Å². The normalized spacial score (nSPS) is 10.0. The third-order valence-electron chi connectivity index (χ3n) is 2.23. The third kappa shape index (κ3) is 2.42. The molecule has 0 aliphatic heterocycles. The summed E-state index contributed by atoms with van der Waals surface area (Å²) in [6, 6.07) is 11.0. The van der Waals surface area contributed by atoms with E-state index in [1.807, 2.05) is 36.4 Å². The van der Waals surface area contributed by atoms with Crippen molar-refractivity contribution in [2.24, 2.45) is 5.73 Å². The monoisotopic (exact) mass is 216 g/mol. The number of carbonyl (C=O) groups excluding carboxylic acids is 1. The van der Waals surface area contributed by atoms with Crippen LogP contribution in [0.1, 0.15) is 5.56 Å². The minimum atomic E-state index is -0.518. The van der Waals surface area contributed by atoms with Gasteiger partial charge in [0.2, 0.25) is 0 Å². The van der Waals surface area contributed by atoms with Crippen molar-refractivity contribution < 1.29 is 9.21 Å². The van der Waals surface area contributed by atoms with E-state index >= 15 is 0 Å². The zero-order valence-electron chi connectivity index (χ0n) is 8.64. The summed E-state index contributed by atoms with van der Waals surface area (Å²) >= 11 is 0. The summed E-state index contributed by atoms with van der Waals surface area (Å²) < 4.78 is 5.27. The Morgan fingerprint density at radius 3 is 2.56 bits per heavy atom. The van der Waals surface area contributed by atoms with E-state index in [1.165, 1.54) is 0 Å². The van der Waals surface area contributed by atoms with E-state index in [0.717, 1.165) is 16.9 Å². The Morgan fingerprint density at radius 1 is 1.25 bits per heavy atom. The zero-order chi connectivity index (χ0) is 11.4. The highest BCUT2D eigenvalue weighted by Crippen LogP contribution is 2.19. The highest BCUT2D eigenvalue weighted by molar-refractivity contribution is 5.71. The van der Waals surface area contributed by atoms with Crippen molar-refractivity contribution in [1.29, 1.82) is 0 Å². The molecule has 2 aromatic rings. The van der Waals surface area contributed by atoms with E-state index in [-0.39, 0.29) is 0 Å². The highest BCUT2D eigenvalue weighted by Gasteiger charge is 2.00. The molecule has 0 fully saturated rings. The average Bonchev–Trinajstić information content (AvgIpc) is 2.80. The molecule has 0 saturated carbocycles. The molecule has 1 aromatic heterocycles. The molecule has 0 saturated heterocycles. The van der Waals surface area contributed by atoms with Crippen LogP contribution in [-0.2, 0) is 6.54 Å². The minimum absolute atomic E-state index is 0.438. The maximum Gasteiger partial charge on any atom is 0.312 e. The number of hydrogen-bond acceptors (Lipinski definition) is 2. The first-order valence-corrected chi connectivity index (χ1v) is 4.92. The first-order chi connectivity index (χ1) is 7.75. The van der Waals surface area contributed by atoms with Gasteiger partial charge in [-0.15, -0.1) is 0 Å². The van der Waals surface area contributed by atoms with E-state index in [4.69, 9.17) is 10.2 Å².